The van der Waals surface area contributed by atoms with Gasteiger partial charge in [0.2, 0.25) is 0 Å². The van der Waals surface area contributed by atoms with E-state index in [1.807, 2.05) is 6.92 Å². The minimum absolute atomic E-state index is 0.0131. The molecule has 2 amide bonds. The summed E-state index contributed by atoms with van der Waals surface area (Å²) in [6.07, 6.45) is 5.36. The van der Waals surface area contributed by atoms with Gasteiger partial charge in [0.25, 0.3) is 5.91 Å². The predicted molar refractivity (Wildman–Crippen MR) is 118 cm³/mol. The lowest BCUT2D eigenvalue weighted by Gasteiger charge is -2.38. The molecular formula is C23H28N4O6. The van der Waals surface area contributed by atoms with Gasteiger partial charge in [-0.1, -0.05) is 6.07 Å². The summed E-state index contributed by atoms with van der Waals surface area (Å²) in [7, 11) is 0. The second kappa shape index (κ2) is 9.51. The van der Waals surface area contributed by atoms with E-state index in [-0.39, 0.29) is 47.3 Å². The number of hydrogen-bond donors (Lipinski definition) is 4. The summed E-state index contributed by atoms with van der Waals surface area (Å²) in [6.45, 7) is 1.69. The van der Waals surface area contributed by atoms with Crippen molar-refractivity contribution in [1.82, 2.24) is 15.5 Å². The van der Waals surface area contributed by atoms with Crippen molar-refractivity contribution in [2.45, 2.75) is 63.0 Å². The van der Waals surface area contributed by atoms with Crippen LogP contribution < -0.4 is 15.4 Å². The average Bonchev–Trinajstić information content (AvgIpc) is 3.40. The number of rotatable bonds is 8. The third kappa shape index (κ3) is 5.44. The van der Waals surface area contributed by atoms with Crippen LogP contribution in [0, 0.1) is 0 Å². The predicted octanol–water partition coefficient (Wildman–Crippen LogP) is 3.25. The van der Waals surface area contributed by atoms with Crippen molar-refractivity contribution in [3.05, 3.63) is 35.5 Å². The summed E-state index contributed by atoms with van der Waals surface area (Å²) in [4.78, 5) is 35.5. The highest BCUT2D eigenvalue weighted by molar-refractivity contribution is 5.91. The van der Waals surface area contributed by atoms with Crippen LogP contribution in [0.5, 0.6) is 11.5 Å². The van der Waals surface area contributed by atoms with Gasteiger partial charge >= 0.3 is 6.09 Å². The molecule has 4 N–H and O–H groups in total. The zero-order chi connectivity index (χ0) is 23.4. The van der Waals surface area contributed by atoms with Gasteiger partial charge < -0.3 is 25.2 Å². The third-order valence-electron chi connectivity index (χ3n) is 6.34. The second-order valence-electron chi connectivity index (χ2n) is 8.93. The van der Waals surface area contributed by atoms with Crippen molar-refractivity contribution in [2.24, 2.45) is 0 Å². The van der Waals surface area contributed by atoms with Gasteiger partial charge in [-0.05, 0) is 57.6 Å². The van der Waals surface area contributed by atoms with Crippen LogP contribution >= 0.6 is 0 Å². The monoisotopic (exact) mass is 456 g/mol. The van der Waals surface area contributed by atoms with Gasteiger partial charge in [0.05, 0.1) is 5.56 Å². The first kappa shape index (κ1) is 22.6. The van der Waals surface area contributed by atoms with Crippen LogP contribution in [-0.4, -0.2) is 51.8 Å². The van der Waals surface area contributed by atoms with Gasteiger partial charge in [-0.25, -0.2) is 4.79 Å². The number of H-pyrrole nitrogens is 1. The molecule has 176 valence electrons. The van der Waals surface area contributed by atoms with Gasteiger partial charge in [0.15, 0.2) is 18.7 Å². The highest BCUT2D eigenvalue weighted by Gasteiger charge is 2.35. The van der Waals surface area contributed by atoms with E-state index >= 15 is 0 Å². The maximum absolute atomic E-state index is 12.2. The summed E-state index contributed by atoms with van der Waals surface area (Å²) < 4.78 is 10.9. The van der Waals surface area contributed by atoms with E-state index in [9.17, 15) is 19.5 Å². The third-order valence-corrected chi connectivity index (χ3v) is 6.34. The Labute approximate surface area is 191 Å². The average molecular weight is 456 g/mol. The lowest BCUT2D eigenvalue weighted by Crippen LogP contribution is -2.51. The number of alkyl carbamates (subject to hydrolysis) is 1. The number of phenols is 1. The number of ether oxygens (including phenoxy) is 2. The van der Waals surface area contributed by atoms with Crippen LogP contribution in [0.15, 0.2) is 24.3 Å². The number of phenolic OH excluding ortho intramolecular Hbond substituents is 1. The maximum atomic E-state index is 12.2. The number of aldehydes is 1. The van der Waals surface area contributed by atoms with Crippen molar-refractivity contribution in [3.8, 4) is 11.5 Å². The molecule has 4 rings (SSSR count). The zero-order valence-corrected chi connectivity index (χ0v) is 18.4. The number of carbonyl (C=O) groups is 3. The number of amides is 2. The van der Waals surface area contributed by atoms with Gasteiger partial charge in [-0.3, -0.25) is 14.7 Å². The smallest absolute Gasteiger partial charge is 0.407 e. The fourth-order valence-corrected chi connectivity index (χ4v) is 4.30. The molecule has 10 nitrogen and oxygen atoms in total. The fourth-order valence-electron chi connectivity index (χ4n) is 4.30. The topological polar surface area (TPSA) is 143 Å². The quantitative estimate of drug-likeness (QED) is 0.447. The van der Waals surface area contributed by atoms with Crippen LogP contribution in [0.4, 0.5) is 10.6 Å². The van der Waals surface area contributed by atoms with E-state index in [4.69, 9.17) is 9.47 Å². The maximum Gasteiger partial charge on any atom is 0.407 e. The van der Waals surface area contributed by atoms with Crippen LogP contribution in [-0.2, 0) is 9.53 Å². The molecule has 0 saturated heterocycles. The Morgan fingerprint density at radius 1 is 1.33 bits per heavy atom. The Hall–Kier alpha value is -3.56. The summed E-state index contributed by atoms with van der Waals surface area (Å²) in [5, 5.41) is 22.3. The SMILES string of the molecule is CC1(NC(=O)OC2CCC(c3cc(NC(=O)COc4cccc(O)c4C=O)n[nH]3)C2)CCC1. The van der Waals surface area contributed by atoms with Crippen molar-refractivity contribution in [1.29, 1.82) is 0 Å². The Kier molecular flexibility index (Phi) is 6.52. The van der Waals surface area contributed by atoms with Gasteiger partial charge in [-0.15, -0.1) is 0 Å². The molecule has 0 bridgehead atoms. The standard InChI is InChI=1S/C23H28N4O6/c1-23(8-3-9-23)25-22(31)33-15-7-6-14(10-15)17-11-20(27-26-17)24-21(30)13-32-19-5-2-4-18(29)16(19)12-28/h2,4-5,11-12,14-15,29H,3,6-10,13H2,1H3,(H,25,31)(H2,24,26,27,30). The summed E-state index contributed by atoms with van der Waals surface area (Å²) >= 11 is 0. The van der Waals surface area contributed by atoms with Crippen LogP contribution in [0.25, 0.3) is 0 Å². The van der Waals surface area contributed by atoms with E-state index in [1.54, 1.807) is 6.07 Å². The molecular weight excluding hydrogens is 428 g/mol. The number of carbonyl (C=O) groups excluding carboxylic acids is 3. The molecule has 1 aromatic heterocycles. The number of anilines is 1. The summed E-state index contributed by atoms with van der Waals surface area (Å²) in [5.74, 6) is -0.0465. The Bertz CT molecular complexity index is 1030. The molecule has 2 aliphatic rings. The van der Waals surface area contributed by atoms with E-state index in [2.05, 4.69) is 20.8 Å². The number of nitrogens with one attached hydrogen (secondary N) is 3. The highest BCUT2D eigenvalue weighted by atomic mass is 16.6. The van der Waals surface area contributed by atoms with E-state index in [0.29, 0.717) is 18.5 Å². The molecule has 1 aromatic carbocycles. The highest BCUT2D eigenvalue weighted by Crippen LogP contribution is 2.36. The van der Waals surface area contributed by atoms with Crippen molar-refractivity contribution < 1.29 is 29.0 Å². The number of aromatic nitrogens is 2. The zero-order valence-electron chi connectivity index (χ0n) is 18.4. The van der Waals surface area contributed by atoms with Gasteiger partial charge in [0, 0.05) is 23.2 Å². The molecule has 2 atom stereocenters. The first-order valence-electron chi connectivity index (χ1n) is 11.1. The molecule has 2 aliphatic carbocycles. The number of benzene rings is 1. The number of aromatic hydroxyl groups is 1. The molecule has 1 heterocycles. The Morgan fingerprint density at radius 2 is 2.15 bits per heavy atom. The van der Waals surface area contributed by atoms with E-state index < -0.39 is 5.91 Å². The van der Waals surface area contributed by atoms with Crippen molar-refractivity contribution in [2.75, 3.05) is 11.9 Å². The number of aromatic amines is 1. The van der Waals surface area contributed by atoms with Crippen LogP contribution in [0.1, 0.15) is 67.4 Å². The molecule has 10 heteroatoms. The van der Waals surface area contributed by atoms with Crippen molar-refractivity contribution >= 4 is 24.1 Å². The molecule has 0 spiro atoms. The molecule has 2 saturated carbocycles. The Balaban J connectivity index is 1.24. The first-order chi connectivity index (χ1) is 15.8. The van der Waals surface area contributed by atoms with E-state index in [0.717, 1.165) is 37.8 Å². The van der Waals surface area contributed by atoms with Crippen molar-refractivity contribution in [3.63, 3.8) is 0 Å². The Morgan fingerprint density at radius 3 is 2.88 bits per heavy atom. The molecule has 2 aromatic rings. The van der Waals surface area contributed by atoms with Gasteiger partial charge in [-0.2, -0.15) is 5.10 Å². The molecule has 0 radical (unpaired) electrons. The number of hydrogen-bond acceptors (Lipinski definition) is 7. The summed E-state index contributed by atoms with van der Waals surface area (Å²) in [5.41, 5.74) is 0.714. The molecule has 33 heavy (non-hydrogen) atoms. The second-order valence-corrected chi connectivity index (χ2v) is 8.93. The fraction of sp³-hybridized carbons (Fsp3) is 0.478. The first-order valence-corrected chi connectivity index (χ1v) is 11.1. The lowest BCUT2D eigenvalue weighted by molar-refractivity contribution is -0.118. The lowest BCUT2D eigenvalue weighted by atomic mass is 9.79. The minimum atomic E-state index is -0.456. The minimum Gasteiger partial charge on any atom is -0.507 e. The molecule has 2 fully saturated rings. The molecule has 2 unspecified atom stereocenters. The normalized spacial score (nSPS) is 21.0. The molecule has 0 aliphatic heterocycles. The largest absolute Gasteiger partial charge is 0.507 e. The van der Waals surface area contributed by atoms with E-state index in [1.165, 1.54) is 18.2 Å². The van der Waals surface area contributed by atoms with Crippen LogP contribution in [0.3, 0.4) is 0 Å². The van der Waals surface area contributed by atoms with Gasteiger partial charge in [0.1, 0.15) is 17.6 Å². The number of nitrogens with zero attached hydrogens (tertiary/aromatic N) is 1. The van der Waals surface area contributed by atoms with Crippen LogP contribution in [0.2, 0.25) is 0 Å². The summed E-state index contributed by atoms with van der Waals surface area (Å²) in [6, 6.07) is 6.13.